The predicted molar refractivity (Wildman–Crippen MR) is 74.2 cm³/mol. The highest BCUT2D eigenvalue weighted by atomic mass is 16.3. The van der Waals surface area contributed by atoms with Gasteiger partial charge < -0.3 is 15.5 Å². The fourth-order valence-electron chi connectivity index (χ4n) is 1.70. The summed E-state index contributed by atoms with van der Waals surface area (Å²) in [5.74, 6) is -1.43. The van der Waals surface area contributed by atoms with E-state index in [1.165, 1.54) is 25.1 Å². The zero-order valence-corrected chi connectivity index (χ0v) is 10.8. The number of Topliss-reactive ketones (excluding diaryl/α,β-unsaturated/α-hetero) is 1. The molecule has 0 bridgehead atoms. The van der Waals surface area contributed by atoms with Crippen molar-refractivity contribution in [1.29, 1.82) is 0 Å². The van der Waals surface area contributed by atoms with Gasteiger partial charge in [-0.05, 0) is 43.3 Å². The number of carbonyl (C=O) groups excluding carboxylic acids is 2. The Balaban J connectivity index is 2.19. The summed E-state index contributed by atoms with van der Waals surface area (Å²) in [7, 11) is 0. The molecule has 0 radical (unpaired) electrons. The van der Waals surface area contributed by atoms with E-state index in [1.54, 1.807) is 24.3 Å². The first-order chi connectivity index (χ1) is 9.49. The van der Waals surface area contributed by atoms with Crippen LogP contribution in [0.1, 0.15) is 27.6 Å². The maximum Gasteiger partial charge on any atom is 0.259 e. The highest BCUT2D eigenvalue weighted by molar-refractivity contribution is 6.06. The Morgan fingerprint density at radius 1 is 1.00 bits per heavy atom. The molecule has 102 valence electrons. The number of hydrogen-bond donors (Lipinski definition) is 3. The largest absolute Gasteiger partial charge is 0.504 e. The van der Waals surface area contributed by atoms with E-state index in [2.05, 4.69) is 5.32 Å². The van der Waals surface area contributed by atoms with E-state index in [-0.39, 0.29) is 17.1 Å². The Kier molecular flexibility index (Phi) is 3.70. The van der Waals surface area contributed by atoms with E-state index >= 15 is 0 Å². The lowest BCUT2D eigenvalue weighted by atomic mass is 10.1. The van der Waals surface area contributed by atoms with Crippen molar-refractivity contribution in [1.82, 2.24) is 0 Å². The molecule has 3 N–H and O–H groups in total. The molecule has 0 spiro atoms. The van der Waals surface area contributed by atoms with E-state index in [0.717, 1.165) is 0 Å². The van der Waals surface area contributed by atoms with Gasteiger partial charge in [0.15, 0.2) is 17.3 Å². The van der Waals surface area contributed by atoms with Gasteiger partial charge >= 0.3 is 0 Å². The lowest BCUT2D eigenvalue weighted by molar-refractivity contribution is 0.101. The smallest absolute Gasteiger partial charge is 0.259 e. The minimum atomic E-state index is -0.547. The lowest BCUT2D eigenvalue weighted by Gasteiger charge is -2.08. The van der Waals surface area contributed by atoms with E-state index < -0.39 is 11.7 Å². The molecule has 0 fully saturated rings. The summed E-state index contributed by atoms with van der Waals surface area (Å²) in [6.45, 7) is 1.46. The van der Waals surface area contributed by atoms with E-state index in [1.807, 2.05) is 0 Å². The van der Waals surface area contributed by atoms with Crippen LogP contribution in [0.15, 0.2) is 42.5 Å². The first-order valence-corrected chi connectivity index (χ1v) is 5.92. The van der Waals surface area contributed by atoms with E-state index in [0.29, 0.717) is 11.3 Å². The van der Waals surface area contributed by atoms with Crippen molar-refractivity contribution in [3.63, 3.8) is 0 Å². The molecule has 0 aliphatic carbocycles. The van der Waals surface area contributed by atoms with Crippen LogP contribution in [0.4, 0.5) is 5.69 Å². The van der Waals surface area contributed by atoms with Crippen LogP contribution >= 0.6 is 0 Å². The Bertz CT molecular complexity index is 662. The monoisotopic (exact) mass is 271 g/mol. The minimum Gasteiger partial charge on any atom is -0.504 e. The number of benzene rings is 2. The number of aromatic hydroxyl groups is 2. The molecule has 2 aromatic rings. The molecule has 0 aromatic heterocycles. The molecule has 0 saturated carbocycles. The van der Waals surface area contributed by atoms with Gasteiger partial charge in [-0.15, -0.1) is 0 Å². The number of rotatable bonds is 3. The third kappa shape index (κ3) is 2.77. The number of ketones is 1. The second-order valence-electron chi connectivity index (χ2n) is 4.26. The molecule has 0 aliphatic heterocycles. The average Bonchev–Trinajstić information content (AvgIpc) is 2.42. The number of phenols is 2. The fraction of sp³-hybridized carbons (Fsp3) is 0.0667. The van der Waals surface area contributed by atoms with Crippen molar-refractivity contribution in [2.75, 3.05) is 5.32 Å². The lowest BCUT2D eigenvalue weighted by Crippen LogP contribution is -2.12. The Labute approximate surface area is 115 Å². The van der Waals surface area contributed by atoms with Gasteiger partial charge in [-0.1, -0.05) is 6.07 Å². The minimum absolute atomic E-state index is 0.0272. The molecule has 0 unspecified atom stereocenters. The number of amides is 1. The number of carbonyl (C=O) groups is 2. The molecular formula is C15H13NO4. The molecule has 5 heteroatoms. The number of anilines is 1. The van der Waals surface area contributed by atoms with Gasteiger partial charge in [0.25, 0.3) is 5.91 Å². The summed E-state index contributed by atoms with van der Waals surface area (Å²) < 4.78 is 0. The van der Waals surface area contributed by atoms with Crippen molar-refractivity contribution in [3.8, 4) is 11.5 Å². The molecule has 2 aromatic carbocycles. The highest BCUT2D eigenvalue weighted by Crippen LogP contribution is 2.28. The maximum absolute atomic E-state index is 12.0. The fourth-order valence-corrected chi connectivity index (χ4v) is 1.70. The maximum atomic E-state index is 12.0. The molecule has 0 aliphatic rings. The Morgan fingerprint density at radius 2 is 1.65 bits per heavy atom. The van der Waals surface area contributed by atoms with Crippen LogP contribution in [0.5, 0.6) is 11.5 Å². The van der Waals surface area contributed by atoms with Gasteiger partial charge in [0.2, 0.25) is 0 Å². The third-order valence-corrected chi connectivity index (χ3v) is 2.81. The molecule has 0 heterocycles. The highest BCUT2D eigenvalue weighted by Gasteiger charge is 2.14. The van der Waals surface area contributed by atoms with Gasteiger partial charge in [-0.3, -0.25) is 9.59 Å². The predicted octanol–water partition coefficient (Wildman–Crippen LogP) is 2.55. The number of phenolic OH excluding ortho intramolecular Hbond substituents is 2. The second-order valence-corrected chi connectivity index (χ2v) is 4.26. The summed E-state index contributed by atoms with van der Waals surface area (Å²) in [6.07, 6.45) is 0. The quantitative estimate of drug-likeness (QED) is 0.591. The molecule has 20 heavy (non-hydrogen) atoms. The van der Waals surface area contributed by atoms with Crippen LogP contribution in [-0.2, 0) is 0 Å². The van der Waals surface area contributed by atoms with Crippen molar-refractivity contribution in [2.45, 2.75) is 6.92 Å². The SMILES string of the molecule is CC(=O)c1ccc(NC(=O)c2cccc(O)c2O)cc1. The molecule has 1 amide bonds. The van der Waals surface area contributed by atoms with Crippen molar-refractivity contribution >= 4 is 17.4 Å². The first-order valence-electron chi connectivity index (χ1n) is 5.92. The van der Waals surface area contributed by atoms with Crippen LogP contribution in [0.3, 0.4) is 0 Å². The molecular weight excluding hydrogens is 258 g/mol. The zero-order valence-electron chi connectivity index (χ0n) is 10.8. The number of nitrogens with one attached hydrogen (secondary N) is 1. The van der Waals surface area contributed by atoms with Gasteiger partial charge in [-0.25, -0.2) is 0 Å². The molecule has 5 nitrogen and oxygen atoms in total. The van der Waals surface area contributed by atoms with E-state index in [4.69, 9.17) is 0 Å². The topological polar surface area (TPSA) is 86.6 Å². The summed E-state index contributed by atoms with van der Waals surface area (Å²) in [4.78, 5) is 23.1. The van der Waals surface area contributed by atoms with Crippen LogP contribution < -0.4 is 5.32 Å². The van der Waals surface area contributed by atoms with Gasteiger partial charge in [0.05, 0.1) is 5.56 Å². The van der Waals surface area contributed by atoms with Crippen molar-refractivity contribution in [3.05, 3.63) is 53.6 Å². The zero-order chi connectivity index (χ0) is 14.7. The van der Waals surface area contributed by atoms with Crippen LogP contribution in [0.25, 0.3) is 0 Å². The summed E-state index contributed by atoms with van der Waals surface area (Å²) in [6, 6.07) is 10.5. The first kappa shape index (κ1) is 13.6. The standard InChI is InChI=1S/C15H13NO4/c1-9(17)10-5-7-11(8-6-10)16-15(20)12-3-2-4-13(18)14(12)19/h2-8,18-19H,1H3,(H,16,20). The Morgan fingerprint density at radius 3 is 2.25 bits per heavy atom. The average molecular weight is 271 g/mol. The van der Waals surface area contributed by atoms with Gasteiger partial charge in [0, 0.05) is 11.3 Å². The Hall–Kier alpha value is -2.82. The summed E-state index contributed by atoms with van der Waals surface area (Å²) in [5.41, 5.74) is 1.01. The second kappa shape index (κ2) is 5.44. The molecule has 0 atom stereocenters. The molecule has 0 saturated heterocycles. The van der Waals surface area contributed by atoms with Crippen LogP contribution in [0.2, 0.25) is 0 Å². The number of para-hydroxylation sites is 1. The number of hydrogen-bond acceptors (Lipinski definition) is 4. The van der Waals surface area contributed by atoms with Gasteiger partial charge in [0.1, 0.15) is 0 Å². The van der Waals surface area contributed by atoms with Crippen molar-refractivity contribution < 1.29 is 19.8 Å². The third-order valence-electron chi connectivity index (χ3n) is 2.81. The normalized spacial score (nSPS) is 10.1. The van der Waals surface area contributed by atoms with Crippen LogP contribution in [-0.4, -0.2) is 21.9 Å². The summed E-state index contributed by atoms with van der Waals surface area (Å²) >= 11 is 0. The van der Waals surface area contributed by atoms with E-state index in [9.17, 15) is 19.8 Å². The van der Waals surface area contributed by atoms with Gasteiger partial charge in [-0.2, -0.15) is 0 Å². The summed E-state index contributed by atoms with van der Waals surface area (Å²) in [5, 5.41) is 21.5. The molecule has 2 rings (SSSR count). The van der Waals surface area contributed by atoms with Crippen molar-refractivity contribution in [2.24, 2.45) is 0 Å². The van der Waals surface area contributed by atoms with Crippen LogP contribution in [0, 0.1) is 0 Å².